The van der Waals surface area contributed by atoms with Gasteiger partial charge in [0.05, 0.1) is 0 Å². The smallest absolute Gasteiger partial charge is 0.0370 e. The van der Waals surface area contributed by atoms with Crippen molar-refractivity contribution in [3.8, 4) is 0 Å². The zero-order valence-electron chi connectivity index (χ0n) is 10.2. The van der Waals surface area contributed by atoms with Crippen LogP contribution in [0.25, 0.3) is 0 Å². The third kappa shape index (κ3) is 2.49. The van der Waals surface area contributed by atoms with Gasteiger partial charge in [0, 0.05) is 24.0 Å². The van der Waals surface area contributed by atoms with E-state index in [0.717, 1.165) is 11.7 Å². The Morgan fingerprint density at radius 1 is 1.25 bits per heavy atom. The van der Waals surface area contributed by atoms with Crippen molar-refractivity contribution >= 4 is 11.4 Å². The molecule has 1 unspecified atom stereocenters. The lowest BCUT2D eigenvalue weighted by atomic mass is 9.97. The molecule has 0 amide bonds. The molecule has 1 heterocycles. The van der Waals surface area contributed by atoms with Gasteiger partial charge in [0.15, 0.2) is 0 Å². The predicted octanol–water partition coefficient (Wildman–Crippen LogP) is 3.43. The summed E-state index contributed by atoms with van der Waals surface area (Å²) in [7, 11) is 0. The maximum atomic E-state index is 5.73. The van der Waals surface area contributed by atoms with Crippen LogP contribution in [0, 0.1) is 0 Å². The zero-order chi connectivity index (χ0) is 11.4. The Kier molecular flexibility index (Phi) is 3.70. The van der Waals surface area contributed by atoms with Crippen LogP contribution in [0.15, 0.2) is 24.3 Å². The van der Waals surface area contributed by atoms with Crippen LogP contribution in [0.5, 0.6) is 0 Å². The molecule has 0 aliphatic carbocycles. The standard InChI is InChI=1S/C14H22N2/c1-2-5-13-6-3-4-11-16(13)14-9-7-12(15)8-10-14/h7-10,13H,2-6,11,15H2,1H3. The number of piperidine rings is 1. The molecular weight excluding hydrogens is 196 g/mol. The minimum absolute atomic E-state index is 0.738. The number of nitrogens with zero attached hydrogens (tertiary/aromatic N) is 1. The van der Waals surface area contributed by atoms with Gasteiger partial charge in [0.1, 0.15) is 0 Å². The molecule has 0 radical (unpaired) electrons. The fourth-order valence-corrected chi connectivity index (χ4v) is 2.64. The first-order valence-corrected chi connectivity index (χ1v) is 6.43. The zero-order valence-corrected chi connectivity index (χ0v) is 10.2. The van der Waals surface area contributed by atoms with E-state index in [-0.39, 0.29) is 0 Å². The van der Waals surface area contributed by atoms with Gasteiger partial charge in [-0.1, -0.05) is 13.3 Å². The van der Waals surface area contributed by atoms with Crippen molar-refractivity contribution in [1.82, 2.24) is 0 Å². The van der Waals surface area contributed by atoms with E-state index in [4.69, 9.17) is 5.73 Å². The molecule has 2 rings (SSSR count). The minimum Gasteiger partial charge on any atom is -0.399 e. The average molecular weight is 218 g/mol. The van der Waals surface area contributed by atoms with Gasteiger partial charge in [-0.05, 0) is 49.9 Å². The fourth-order valence-electron chi connectivity index (χ4n) is 2.64. The quantitative estimate of drug-likeness (QED) is 0.788. The number of benzene rings is 1. The maximum absolute atomic E-state index is 5.73. The van der Waals surface area contributed by atoms with E-state index in [0.29, 0.717) is 0 Å². The Balaban J connectivity index is 2.13. The van der Waals surface area contributed by atoms with Crippen molar-refractivity contribution in [2.75, 3.05) is 17.2 Å². The van der Waals surface area contributed by atoms with Gasteiger partial charge in [-0.15, -0.1) is 0 Å². The molecule has 1 aromatic rings. The first-order valence-electron chi connectivity index (χ1n) is 6.43. The van der Waals surface area contributed by atoms with E-state index in [1.807, 2.05) is 12.1 Å². The van der Waals surface area contributed by atoms with Gasteiger partial charge in [-0.3, -0.25) is 0 Å². The van der Waals surface area contributed by atoms with E-state index >= 15 is 0 Å². The molecule has 1 fully saturated rings. The lowest BCUT2D eigenvalue weighted by molar-refractivity contribution is 0.435. The lowest BCUT2D eigenvalue weighted by Crippen LogP contribution is -2.39. The number of hydrogen-bond acceptors (Lipinski definition) is 2. The summed E-state index contributed by atoms with van der Waals surface area (Å²) >= 11 is 0. The molecule has 88 valence electrons. The van der Waals surface area contributed by atoms with Crippen LogP contribution >= 0.6 is 0 Å². The van der Waals surface area contributed by atoms with Crippen molar-refractivity contribution in [3.05, 3.63) is 24.3 Å². The normalized spacial score (nSPS) is 21.1. The highest BCUT2D eigenvalue weighted by Crippen LogP contribution is 2.27. The van der Waals surface area contributed by atoms with Crippen LogP contribution in [0.1, 0.15) is 39.0 Å². The molecule has 0 saturated carbocycles. The summed E-state index contributed by atoms with van der Waals surface area (Å²) in [4.78, 5) is 2.56. The van der Waals surface area contributed by atoms with Crippen LogP contribution < -0.4 is 10.6 Å². The molecule has 2 heteroatoms. The monoisotopic (exact) mass is 218 g/mol. The van der Waals surface area contributed by atoms with Crippen molar-refractivity contribution in [2.45, 2.75) is 45.1 Å². The van der Waals surface area contributed by atoms with Gasteiger partial charge < -0.3 is 10.6 Å². The highest BCUT2D eigenvalue weighted by atomic mass is 15.2. The Labute approximate surface area is 98.4 Å². The Bertz CT molecular complexity index is 316. The van der Waals surface area contributed by atoms with Gasteiger partial charge in [0.25, 0.3) is 0 Å². The van der Waals surface area contributed by atoms with E-state index in [1.54, 1.807) is 0 Å². The lowest BCUT2D eigenvalue weighted by Gasteiger charge is -2.37. The SMILES string of the molecule is CCCC1CCCCN1c1ccc(N)cc1. The summed E-state index contributed by atoms with van der Waals surface area (Å²) in [6.07, 6.45) is 6.64. The number of nitrogen functional groups attached to an aromatic ring is 1. The average Bonchev–Trinajstić information content (AvgIpc) is 2.32. The molecule has 0 aromatic heterocycles. The maximum Gasteiger partial charge on any atom is 0.0370 e. The highest BCUT2D eigenvalue weighted by Gasteiger charge is 2.21. The summed E-state index contributed by atoms with van der Waals surface area (Å²) in [5.41, 5.74) is 7.93. The van der Waals surface area contributed by atoms with Gasteiger partial charge in [-0.25, -0.2) is 0 Å². The van der Waals surface area contributed by atoms with E-state index in [1.165, 1.54) is 44.3 Å². The molecular formula is C14H22N2. The minimum atomic E-state index is 0.738. The van der Waals surface area contributed by atoms with Crippen LogP contribution in [0.2, 0.25) is 0 Å². The number of rotatable bonds is 3. The molecule has 1 atom stereocenters. The largest absolute Gasteiger partial charge is 0.399 e. The van der Waals surface area contributed by atoms with Crippen molar-refractivity contribution in [3.63, 3.8) is 0 Å². The van der Waals surface area contributed by atoms with Crippen LogP contribution in [0.3, 0.4) is 0 Å². The van der Waals surface area contributed by atoms with Gasteiger partial charge >= 0.3 is 0 Å². The van der Waals surface area contributed by atoms with E-state index in [9.17, 15) is 0 Å². The van der Waals surface area contributed by atoms with Gasteiger partial charge in [-0.2, -0.15) is 0 Å². The molecule has 1 aliphatic heterocycles. The van der Waals surface area contributed by atoms with Crippen molar-refractivity contribution in [1.29, 1.82) is 0 Å². The Morgan fingerprint density at radius 2 is 2.00 bits per heavy atom. The van der Waals surface area contributed by atoms with E-state index in [2.05, 4.69) is 24.0 Å². The third-order valence-electron chi connectivity index (χ3n) is 3.47. The second-order valence-electron chi connectivity index (χ2n) is 4.72. The highest BCUT2D eigenvalue weighted by molar-refractivity contribution is 5.53. The summed E-state index contributed by atoms with van der Waals surface area (Å²) in [5, 5.41) is 0. The number of anilines is 2. The number of hydrogen-bond donors (Lipinski definition) is 1. The molecule has 2 nitrogen and oxygen atoms in total. The molecule has 1 aliphatic rings. The van der Waals surface area contributed by atoms with Crippen LogP contribution in [-0.2, 0) is 0 Å². The van der Waals surface area contributed by atoms with E-state index < -0.39 is 0 Å². The number of nitrogens with two attached hydrogens (primary N) is 1. The second kappa shape index (κ2) is 5.24. The summed E-state index contributed by atoms with van der Waals surface area (Å²) < 4.78 is 0. The molecule has 1 saturated heterocycles. The van der Waals surface area contributed by atoms with Crippen molar-refractivity contribution < 1.29 is 0 Å². The Hall–Kier alpha value is -1.18. The van der Waals surface area contributed by atoms with Crippen LogP contribution in [-0.4, -0.2) is 12.6 Å². The molecule has 0 spiro atoms. The topological polar surface area (TPSA) is 29.3 Å². The van der Waals surface area contributed by atoms with Crippen molar-refractivity contribution in [2.24, 2.45) is 0 Å². The molecule has 16 heavy (non-hydrogen) atoms. The second-order valence-corrected chi connectivity index (χ2v) is 4.72. The predicted molar refractivity (Wildman–Crippen MR) is 70.7 cm³/mol. The van der Waals surface area contributed by atoms with Gasteiger partial charge in [0.2, 0.25) is 0 Å². The molecule has 2 N–H and O–H groups in total. The first-order chi connectivity index (χ1) is 7.81. The summed E-state index contributed by atoms with van der Waals surface area (Å²) in [6.45, 7) is 3.48. The summed E-state index contributed by atoms with van der Waals surface area (Å²) in [6, 6.07) is 9.06. The first kappa shape index (κ1) is 11.3. The molecule has 0 bridgehead atoms. The summed E-state index contributed by atoms with van der Waals surface area (Å²) in [5.74, 6) is 0. The molecule has 1 aromatic carbocycles. The Morgan fingerprint density at radius 3 is 2.69 bits per heavy atom. The third-order valence-corrected chi connectivity index (χ3v) is 3.47. The van der Waals surface area contributed by atoms with Crippen LogP contribution in [0.4, 0.5) is 11.4 Å². The fraction of sp³-hybridized carbons (Fsp3) is 0.571.